The summed E-state index contributed by atoms with van der Waals surface area (Å²) in [7, 11) is 0. The highest BCUT2D eigenvalue weighted by Gasteiger charge is 2.12. The van der Waals surface area contributed by atoms with E-state index in [1.54, 1.807) is 47.3 Å². The number of anilines is 2. The first kappa shape index (κ1) is 19.6. The first-order valence-corrected chi connectivity index (χ1v) is 9.32. The fourth-order valence-corrected chi connectivity index (χ4v) is 2.85. The minimum Gasteiger partial charge on any atom is -0.326 e. The summed E-state index contributed by atoms with van der Waals surface area (Å²) in [6, 6.07) is 15.8. The third-order valence-corrected chi connectivity index (χ3v) is 4.26. The average Bonchev–Trinajstić information content (AvgIpc) is 3.13. The standard InChI is InChI=1S/C21H21ClN4O2/c1-14(2)13-20(27)23-15-7-9-16(10-8-15)24-21(28)18-11-12-26(25-18)19-6-4-3-5-17(19)22/h3-12,14H,13H2,1-2H3,(H,23,27)(H,24,28). The average molecular weight is 397 g/mol. The van der Waals surface area contributed by atoms with Gasteiger partial charge in [-0.1, -0.05) is 37.6 Å². The van der Waals surface area contributed by atoms with Crippen molar-refractivity contribution in [3.63, 3.8) is 0 Å². The van der Waals surface area contributed by atoms with E-state index in [-0.39, 0.29) is 17.5 Å². The summed E-state index contributed by atoms with van der Waals surface area (Å²) < 4.78 is 1.56. The molecule has 7 heteroatoms. The largest absolute Gasteiger partial charge is 0.326 e. The maximum atomic E-state index is 12.4. The van der Waals surface area contributed by atoms with Gasteiger partial charge in [0.25, 0.3) is 5.91 Å². The maximum Gasteiger partial charge on any atom is 0.276 e. The minimum atomic E-state index is -0.331. The van der Waals surface area contributed by atoms with E-state index in [9.17, 15) is 9.59 Å². The Kier molecular flexibility index (Phi) is 6.11. The van der Waals surface area contributed by atoms with Crippen molar-refractivity contribution in [1.82, 2.24) is 9.78 Å². The van der Waals surface area contributed by atoms with Gasteiger partial charge in [-0.25, -0.2) is 4.68 Å². The van der Waals surface area contributed by atoms with Crippen LogP contribution in [0.3, 0.4) is 0 Å². The summed E-state index contributed by atoms with van der Waals surface area (Å²) in [5.41, 5.74) is 2.27. The van der Waals surface area contributed by atoms with E-state index in [1.807, 2.05) is 32.0 Å². The van der Waals surface area contributed by atoms with Gasteiger partial charge in [0.1, 0.15) is 0 Å². The van der Waals surface area contributed by atoms with Gasteiger partial charge >= 0.3 is 0 Å². The molecule has 0 saturated carbocycles. The quantitative estimate of drug-likeness (QED) is 0.630. The summed E-state index contributed by atoms with van der Waals surface area (Å²) in [6.45, 7) is 3.98. The van der Waals surface area contributed by atoms with Crippen molar-refractivity contribution >= 4 is 34.8 Å². The molecule has 0 aliphatic carbocycles. The zero-order valence-corrected chi connectivity index (χ0v) is 16.4. The number of para-hydroxylation sites is 1. The second-order valence-corrected chi connectivity index (χ2v) is 7.18. The van der Waals surface area contributed by atoms with Crippen molar-refractivity contribution in [2.45, 2.75) is 20.3 Å². The number of nitrogens with zero attached hydrogens (tertiary/aromatic N) is 2. The van der Waals surface area contributed by atoms with Crippen molar-refractivity contribution in [3.8, 4) is 5.69 Å². The summed E-state index contributed by atoms with van der Waals surface area (Å²) in [5, 5.41) is 10.5. The molecule has 1 aromatic heterocycles. The topological polar surface area (TPSA) is 76.0 Å². The third kappa shape index (κ3) is 4.98. The van der Waals surface area contributed by atoms with Gasteiger partial charge in [0.2, 0.25) is 5.91 Å². The van der Waals surface area contributed by atoms with E-state index in [0.717, 1.165) is 0 Å². The molecular weight excluding hydrogens is 376 g/mol. The van der Waals surface area contributed by atoms with Gasteiger partial charge in [-0.05, 0) is 48.4 Å². The fourth-order valence-electron chi connectivity index (χ4n) is 2.63. The molecule has 0 bridgehead atoms. The van der Waals surface area contributed by atoms with Crippen molar-refractivity contribution in [3.05, 3.63) is 71.5 Å². The molecule has 0 aliphatic rings. The molecule has 2 N–H and O–H groups in total. The van der Waals surface area contributed by atoms with Gasteiger partial charge in [0.05, 0.1) is 10.7 Å². The van der Waals surface area contributed by atoms with Crippen LogP contribution in [0, 0.1) is 5.92 Å². The molecule has 28 heavy (non-hydrogen) atoms. The number of hydrogen-bond acceptors (Lipinski definition) is 3. The number of halogens is 1. The molecule has 3 rings (SSSR count). The van der Waals surface area contributed by atoms with Crippen LogP contribution in [0.5, 0.6) is 0 Å². The molecule has 144 valence electrons. The Balaban J connectivity index is 1.64. The van der Waals surface area contributed by atoms with Crippen molar-refractivity contribution in [2.24, 2.45) is 5.92 Å². The summed E-state index contributed by atoms with van der Waals surface area (Å²) >= 11 is 6.16. The highest BCUT2D eigenvalue weighted by molar-refractivity contribution is 6.32. The zero-order chi connectivity index (χ0) is 20.1. The smallest absolute Gasteiger partial charge is 0.276 e. The van der Waals surface area contributed by atoms with Crippen molar-refractivity contribution < 1.29 is 9.59 Å². The third-order valence-electron chi connectivity index (χ3n) is 3.94. The Morgan fingerprint density at radius 2 is 1.64 bits per heavy atom. The van der Waals surface area contributed by atoms with E-state index < -0.39 is 0 Å². The van der Waals surface area contributed by atoms with Crippen LogP contribution < -0.4 is 10.6 Å². The van der Waals surface area contributed by atoms with Gasteiger partial charge in [-0.2, -0.15) is 5.10 Å². The van der Waals surface area contributed by atoms with Crippen molar-refractivity contribution in [2.75, 3.05) is 10.6 Å². The molecule has 3 aromatic rings. The first-order valence-electron chi connectivity index (χ1n) is 8.94. The van der Waals surface area contributed by atoms with Gasteiger partial charge in [0.15, 0.2) is 5.69 Å². The van der Waals surface area contributed by atoms with Crippen LogP contribution in [-0.4, -0.2) is 21.6 Å². The fraction of sp³-hybridized carbons (Fsp3) is 0.190. The number of rotatable bonds is 6. The van der Waals surface area contributed by atoms with Crippen LogP contribution in [-0.2, 0) is 4.79 Å². The van der Waals surface area contributed by atoms with E-state index >= 15 is 0 Å². The van der Waals surface area contributed by atoms with E-state index in [0.29, 0.717) is 34.4 Å². The lowest BCUT2D eigenvalue weighted by Crippen LogP contribution is -2.15. The lowest BCUT2D eigenvalue weighted by Gasteiger charge is -2.08. The van der Waals surface area contributed by atoms with Gasteiger partial charge in [-0.3, -0.25) is 9.59 Å². The number of carbonyl (C=O) groups excluding carboxylic acids is 2. The predicted octanol–water partition coefficient (Wildman–Crippen LogP) is 4.76. The zero-order valence-electron chi connectivity index (χ0n) is 15.6. The van der Waals surface area contributed by atoms with Gasteiger partial charge < -0.3 is 10.6 Å². The van der Waals surface area contributed by atoms with Crippen LogP contribution in [0.15, 0.2) is 60.8 Å². The Bertz CT molecular complexity index is 980. The van der Waals surface area contributed by atoms with E-state index in [2.05, 4.69) is 15.7 Å². The molecule has 0 fully saturated rings. The van der Waals surface area contributed by atoms with Crippen LogP contribution in [0.2, 0.25) is 5.02 Å². The van der Waals surface area contributed by atoms with E-state index in [4.69, 9.17) is 11.6 Å². The molecular formula is C21H21ClN4O2. The number of carbonyl (C=O) groups is 2. The van der Waals surface area contributed by atoms with Crippen LogP contribution in [0.4, 0.5) is 11.4 Å². The molecule has 2 amide bonds. The van der Waals surface area contributed by atoms with E-state index in [1.165, 1.54) is 0 Å². The lowest BCUT2D eigenvalue weighted by atomic mass is 10.1. The summed E-state index contributed by atoms with van der Waals surface area (Å²) in [5.74, 6) is -0.0663. The second kappa shape index (κ2) is 8.71. The number of nitrogens with one attached hydrogen (secondary N) is 2. The SMILES string of the molecule is CC(C)CC(=O)Nc1ccc(NC(=O)c2ccn(-c3ccccc3Cl)n2)cc1. The molecule has 0 spiro atoms. The normalized spacial score (nSPS) is 10.7. The number of hydrogen-bond donors (Lipinski definition) is 2. The first-order chi connectivity index (χ1) is 13.4. The Hall–Kier alpha value is -3.12. The maximum absolute atomic E-state index is 12.4. The van der Waals surface area contributed by atoms with Gasteiger partial charge in [0, 0.05) is 24.0 Å². The molecule has 6 nitrogen and oxygen atoms in total. The second-order valence-electron chi connectivity index (χ2n) is 6.77. The number of aromatic nitrogens is 2. The molecule has 2 aromatic carbocycles. The summed E-state index contributed by atoms with van der Waals surface area (Å²) in [4.78, 5) is 24.3. The van der Waals surface area contributed by atoms with Crippen molar-refractivity contribution in [1.29, 1.82) is 0 Å². The predicted molar refractivity (Wildman–Crippen MR) is 111 cm³/mol. The Labute approximate surface area is 168 Å². The molecule has 0 atom stereocenters. The summed E-state index contributed by atoms with van der Waals surface area (Å²) in [6.07, 6.45) is 2.15. The lowest BCUT2D eigenvalue weighted by molar-refractivity contribution is -0.116. The number of benzene rings is 2. The van der Waals surface area contributed by atoms with Crippen LogP contribution in [0.25, 0.3) is 5.69 Å². The van der Waals surface area contributed by atoms with Crippen LogP contribution in [0.1, 0.15) is 30.8 Å². The highest BCUT2D eigenvalue weighted by atomic mass is 35.5. The minimum absolute atomic E-state index is 0.0306. The monoisotopic (exact) mass is 396 g/mol. The Morgan fingerprint density at radius 3 is 2.29 bits per heavy atom. The molecule has 0 unspecified atom stereocenters. The Morgan fingerprint density at radius 1 is 1.00 bits per heavy atom. The van der Waals surface area contributed by atoms with Crippen LogP contribution >= 0.6 is 11.6 Å². The molecule has 1 heterocycles. The highest BCUT2D eigenvalue weighted by Crippen LogP contribution is 2.20. The number of amides is 2. The molecule has 0 radical (unpaired) electrons. The molecule has 0 aliphatic heterocycles. The molecule has 0 saturated heterocycles. The van der Waals surface area contributed by atoms with Gasteiger partial charge in [-0.15, -0.1) is 0 Å².